The average Bonchev–Trinajstić information content (AvgIpc) is 3.97. The van der Waals surface area contributed by atoms with Gasteiger partial charge in [0.15, 0.2) is 0 Å². The highest BCUT2D eigenvalue weighted by molar-refractivity contribution is 6.20. The predicted octanol–water partition coefficient (Wildman–Crippen LogP) is 21.0. The summed E-state index contributed by atoms with van der Waals surface area (Å²) in [5.74, 6) is 0.140. The van der Waals surface area contributed by atoms with Crippen LogP contribution in [0.5, 0.6) is 0 Å². The molecule has 0 radical (unpaired) electrons. The fraction of sp³-hybridized carbons (Fsp3) is 0.127. The van der Waals surface area contributed by atoms with Crippen molar-refractivity contribution in [2.24, 2.45) is 0 Å². The van der Waals surface area contributed by atoms with Crippen LogP contribution in [-0.4, -0.2) is 0 Å². The van der Waals surface area contributed by atoms with Gasteiger partial charge in [-0.1, -0.05) is 147 Å². The zero-order chi connectivity index (χ0) is 51.2. The van der Waals surface area contributed by atoms with Crippen molar-refractivity contribution in [1.82, 2.24) is 0 Å². The first-order chi connectivity index (χ1) is 36.5. The Morgan fingerprint density at radius 2 is 0.733 bits per heavy atom. The molecule has 0 aliphatic carbocycles. The Labute approximate surface area is 438 Å². The van der Waals surface area contributed by atoms with E-state index in [-0.39, 0.29) is 5.92 Å². The first-order valence-corrected chi connectivity index (χ1v) is 26.2. The summed E-state index contributed by atoms with van der Waals surface area (Å²) < 4.78 is 14.1. The summed E-state index contributed by atoms with van der Waals surface area (Å²) in [6, 6.07) is 73.3. The second-order valence-electron chi connectivity index (χ2n) is 21.0. The van der Waals surface area contributed by atoms with Gasteiger partial charge >= 0.3 is 0 Å². The molecule has 364 valence electrons. The van der Waals surface area contributed by atoms with Crippen LogP contribution in [0.15, 0.2) is 209 Å². The first-order valence-electron chi connectivity index (χ1n) is 26.2. The molecule has 4 heteroatoms. The summed E-state index contributed by atoms with van der Waals surface area (Å²) in [6.07, 6.45) is 0. The van der Waals surface area contributed by atoms with Crippen molar-refractivity contribution in [2.75, 3.05) is 9.80 Å². The van der Waals surface area contributed by atoms with Gasteiger partial charge in [0.25, 0.3) is 0 Å². The molecule has 0 fully saturated rings. The van der Waals surface area contributed by atoms with Crippen LogP contribution in [0, 0.1) is 41.5 Å². The van der Waals surface area contributed by atoms with E-state index >= 15 is 0 Å². The second-order valence-corrected chi connectivity index (χ2v) is 21.0. The standard InChI is InChI=1S/C71H58N2O2/c1-42(2)67-70-61(59-35-51-29-31-57(33-55(51)39-65(59)74-70)72(68-45(5)17-15-18-46(68)6)63-37-53(27-25-43(63)3)49-21-11-9-12-22-49)41-62-60-36-52-30-32-58(34-56(52)40-66(60)75-71(62)67)73(69-47(7)19-16-20-48(69)8)64-38-54(28-26-44(64)4)50-23-13-10-14-24-50/h9-42H,1-8H3. The third-order valence-corrected chi connectivity index (χ3v) is 15.7. The van der Waals surface area contributed by atoms with Crippen LogP contribution >= 0.6 is 0 Å². The third kappa shape index (κ3) is 7.74. The summed E-state index contributed by atoms with van der Waals surface area (Å²) >= 11 is 0. The Kier molecular flexibility index (Phi) is 11.0. The fourth-order valence-corrected chi connectivity index (χ4v) is 11.8. The molecule has 0 amide bonds. The summed E-state index contributed by atoms with van der Waals surface area (Å²) in [4.78, 5) is 4.89. The predicted molar refractivity (Wildman–Crippen MR) is 319 cm³/mol. The number of furan rings is 2. The van der Waals surface area contributed by atoms with Gasteiger partial charge < -0.3 is 18.6 Å². The molecule has 0 bridgehead atoms. The monoisotopic (exact) mass is 970 g/mol. The molecule has 0 saturated heterocycles. The van der Waals surface area contributed by atoms with Gasteiger partial charge in [-0.05, 0) is 191 Å². The lowest BCUT2D eigenvalue weighted by Gasteiger charge is -2.30. The summed E-state index contributed by atoms with van der Waals surface area (Å²) in [5.41, 5.74) is 23.5. The minimum absolute atomic E-state index is 0.140. The molecule has 75 heavy (non-hydrogen) atoms. The smallest absolute Gasteiger partial charge is 0.142 e. The maximum Gasteiger partial charge on any atom is 0.142 e. The maximum absolute atomic E-state index is 7.04. The molecule has 0 unspecified atom stereocenters. The Morgan fingerprint density at radius 1 is 0.320 bits per heavy atom. The van der Waals surface area contributed by atoms with E-state index in [0.717, 1.165) is 93.7 Å². The Balaban J connectivity index is 0.944. The number of para-hydroxylation sites is 2. The van der Waals surface area contributed by atoms with Gasteiger partial charge in [0.2, 0.25) is 0 Å². The molecule has 0 aliphatic rings. The van der Waals surface area contributed by atoms with Gasteiger partial charge in [0.05, 0.1) is 11.4 Å². The number of rotatable bonds is 9. The summed E-state index contributed by atoms with van der Waals surface area (Å²) in [5, 5.41) is 8.97. The number of anilines is 6. The third-order valence-electron chi connectivity index (χ3n) is 15.7. The lowest BCUT2D eigenvalue weighted by atomic mass is 9.95. The largest absolute Gasteiger partial charge is 0.456 e. The normalized spacial score (nSPS) is 11.9. The summed E-state index contributed by atoms with van der Waals surface area (Å²) in [7, 11) is 0. The molecule has 4 nitrogen and oxygen atoms in total. The van der Waals surface area contributed by atoms with Crippen molar-refractivity contribution in [3.05, 3.63) is 239 Å². The van der Waals surface area contributed by atoms with Crippen molar-refractivity contribution in [1.29, 1.82) is 0 Å². The molecule has 2 aromatic heterocycles. The van der Waals surface area contributed by atoms with E-state index in [1.54, 1.807) is 0 Å². The van der Waals surface area contributed by atoms with Crippen molar-refractivity contribution in [3.8, 4) is 22.3 Å². The van der Waals surface area contributed by atoms with Gasteiger partial charge in [0, 0.05) is 49.9 Å². The van der Waals surface area contributed by atoms with E-state index in [1.807, 2.05) is 0 Å². The molecule has 13 aromatic rings. The number of benzene rings is 11. The van der Waals surface area contributed by atoms with Crippen LogP contribution < -0.4 is 9.80 Å². The molecule has 13 rings (SSSR count). The van der Waals surface area contributed by atoms with Crippen LogP contribution in [-0.2, 0) is 0 Å². The van der Waals surface area contributed by atoms with E-state index in [2.05, 4.69) is 265 Å². The highest BCUT2D eigenvalue weighted by Crippen LogP contribution is 2.48. The average molecular weight is 971 g/mol. The molecule has 0 saturated carbocycles. The number of fused-ring (bicyclic) bond motifs is 8. The van der Waals surface area contributed by atoms with Crippen molar-refractivity contribution < 1.29 is 8.83 Å². The molecular weight excluding hydrogens is 913 g/mol. The zero-order valence-electron chi connectivity index (χ0n) is 43.8. The van der Waals surface area contributed by atoms with Gasteiger partial charge in [0.1, 0.15) is 22.3 Å². The van der Waals surface area contributed by atoms with Crippen LogP contribution in [0.1, 0.15) is 58.7 Å². The highest BCUT2D eigenvalue weighted by Gasteiger charge is 2.25. The quantitative estimate of drug-likeness (QED) is 0.144. The Morgan fingerprint density at radius 3 is 1.13 bits per heavy atom. The number of hydrogen-bond acceptors (Lipinski definition) is 4. The van der Waals surface area contributed by atoms with E-state index in [1.165, 1.54) is 67.0 Å². The Hall–Kier alpha value is -8.86. The topological polar surface area (TPSA) is 32.8 Å². The second kappa shape index (κ2) is 18.0. The molecule has 0 N–H and O–H groups in total. The molecule has 2 heterocycles. The van der Waals surface area contributed by atoms with Gasteiger partial charge in [-0.3, -0.25) is 0 Å². The fourth-order valence-electron chi connectivity index (χ4n) is 11.8. The number of aryl methyl sites for hydroxylation is 6. The highest BCUT2D eigenvalue weighted by atomic mass is 16.3. The minimum Gasteiger partial charge on any atom is -0.456 e. The van der Waals surface area contributed by atoms with Crippen molar-refractivity contribution >= 4 is 99.5 Å². The molecule has 0 atom stereocenters. The molecule has 11 aromatic carbocycles. The Bertz CT molecular complexity index is 4090. The van der Waals surface area contributed by atoms with Crippen LogP contribution in [0.25, 0.3) is 87.7 Å². The number of hydrogen-bond donors (Lipinski definition) is 0. The van der Waals surface area contributed by atoms with Gasteiger partial charge in [-0.25, -0.2) is 0 Å². The summed E-state index contributed by atoms with van der Waals surface area (Å²) in [6.45, 7) is 17.8. The van der Waals surface area contributed by atoms with E-state index in [4.69, 9.17) is 8.83 Å². The lowest BCUT2D eigenvalue weighted by molar-refractivity contribution is 0.638. The van der Waals surface area contributed by atoms with Gasteiger partial charge in [-0.2, -0.15) is 0 Å². The van der Waals surface area contributed by atoms with Gasteiger partial charge in [-0.15, -0.1) is 0 Å². The molecule has 0 spiro atoms. The lowest BCUT2D eigenvalue weighted by Crippen LogP contribution is -2.14. The van der Waals surface area contributed by atoms with E-state index in [9.17, 15) is 0 Å². The van der Waals surface area contributed by atoms with Crippen LogP contribution in [0.4, 0.5) is 34.1 Å². The van der Waals surface area contributed by atoms with E-state index in [0.29, 0.717) is 0 Å². The minimum atomic E-state index is 0.140. The maximum atomic E-state index is 7.04. The first kappa shape index (κ1) is 46.0. The molecule has 0 aliphatic heterocycles. The molecular formula is C71H58N2O2. The SMILES string of the molecule is Cc1ccc(-c2ccccc2)cc1N(c1ccc2cc3c(cc2c1)oc1c(C(C)C)c2oc4cc5cc(N(c6cc(-c7ccccc7)ccc6C)c6c(C)cccc6C)ccc5cc4c2cc13)c1c(C)cccc1C. The van der Waals surface area contributed by atoms with Crippen LogP contribution in [0.3, 0.4) is 0 Å². The van der Waals surface area contributed by atoms with Crippen LogP contribution in [0.2, 0.25) is 0 Å². The van der Waals surface area contributed by atoms with Crippen molar-refractivity contribution in [2.45, 2.75) is 61.3 Å². The number of nitrogens with zero attached hydrogens (tertiary/aromatic N) is 2. The van der Waals surface area contributed by atoms with E-state index < -0.39 is 0 Å². The zero-order valence-corrected chi connectivity index (χ0v) is 43.8. The van der Waals surface area contributed by atoms with Crippen molar-refractivity contribution in [3.63, 3.8) is 0 Å².